The second kappa shape index (κ2) is 2.34. The molecule has 4 heterocycles. The van der Waals surface area contributed by atoms with Gasteiger partial charge in [-0.25, -0.2) is 5.10 Å². The molecule has 1 fully saturated rings. The Morgan fingerprint density at radius 2 is 2.23 bits per heavy atom. The van der Waals surface area contributed by atoms with Crippen molar-refractivity contribution >= 4 is 5.69 Å². The molecule has 0 aliphatic carbocycles. The van der Waals surface area contributed by atoms with Crippen molar-refractivity contribution < 1.29 is 0 Å². The Hall–Kier alpha value is -1.32. The van der Waals surface area contributed by atoms with E-state index in [4.69, 9.17) is 0 Å². The predicted octanol–water partition coefficient (Wildman–Crippen LogP) is 0.467. The van der Waals surface area contributed by atoms with Gasteiger partial charge in [0.2, 0.25) is 0 Å². The first-order valence-corrected chi connectivity index (χ1v) is 4.69. The van der Waals surface area contributed by atoms with Crippen LogP contribution < -0.4 is 10.5 Å². The molecule has 4 nitrogen and oxygen atoms in total. The van der Waals surface area contributed by atoms with Crippen molar-refractivity contribution in [1.82, 2.24) is 10.2 Å². The SMILES string of the molecule is O=c1cc2c(n[nH]1)C1CCN2CC1. The van der Waals surface area contributed by atoms with E-state index in [1.807, 2.05) is 0 Å². The minimum absolute atomic E-state index is 0.0914. The lowest BCUT2D eigenvalue weighted by atomic mass is 9.87. The summed E-state index contributed by atoms with van der Waals surface area (Å²) in [6.45, 7) is 2.17. The van der Waals surface area contributed by atoms with Crippen molar-refractivity contribution in [2.24, 2.45) is 0 Å². The number of hydrogen-bond acceptors (Lipinski definition) is 3. The standard InChI is InChI=1S/C9H11N3O/c13-8-5-7-9(11-10-8)6-1-3-12(7)4-2-6/h5-6H,1-4H2,(H,10,13). The summed E-state index contributed by atoms with van der Waals surface area (Å²) in [6.07, 6.45) is 2.37. The average Bonchev–Trinajstić information content (AvgIpc) is 2.19. The summed E-state index contributed by atoms with van der Waals surface area (Å²) in [7, 11) is 0. The molecule has 3 aliphatic heterocycles. The molecule has 3 aliphatic rings. The van der Waals surface area contributed by atoms with Crippen LogP contribution in [0.5, 0.6) is 0 Å². The molecule has 1 aromatic rings. The summed E-state index contributed by atoms with van der Waals surface area (Å²) in [6, 6.07) is 1.67. The molecule has 0 amide bonds. The highest BCUT2D eigenvalue weighted by Crippen LogP contribution is 2.39. The Morgan fingerprint density at radius 1 is 1.46 bits per heavy atom. The second-order valence-corrected chi connectivity index (χ2v) is 3.76. The molecule has 0 aromatic carbocycles. The normalized spacial score (nSPS) is 20.5. The van der Waals surface area contributed by atoms with Crippen LogP contribution in [0.4, 0.5) is 5.69 Å². The fraction of sp³-hybridized carbons (Fsp3) is 0.556. The van der Waals surface area contributed by atoms with Crippen LogP contribution in [0.25, 0.3) is 0 Å². The highest BCUT2D eigenvalue weighted by Gasteiger charge is 2.32. The van der Waals surface area contributed by atoms with E-state index in [9.17, 15) is 4.79 Å². The minimum Gasteiger partial charge on any atom is -0.370 e. The summed E-state index contributed by atoms with van der Waals surface area (Å²) in [4.78, 5) is 13.3. The Bertz CT molecular complexity index is 390. The minimum atomic E-state index is -0.0914. The zero-order valence-corrected chi connectivity index (χ0v) is 7.29. The molecule has 0 atom stereocenters. The number of fused-ring (bicyclic) bond motifs is 2. The Labute approximate surface area is 75.6 Å². The maximum atomic E-state index is 11.1. The molecule has 0 unspecified atom stereocenters. The number of piperidine rings is 1. The summed E-state index contributed by atoms with van der Waals surface area (Å²) < 4.78 is 0. The monoisotopic (exact) mass is 177 g/mol. The highest BCUT2D eigenvalue weighted by atomic mass is 16.1. The highest BCUT2D eigenvalue weighted by molar-refractivity contribution is 5.55. The van der Waals surface area contributed by atoms with Gasteiger partial charge in [-0.3, -0.25) is 4.79 Å². The van der Waals surface area contributed by atoms with Crippen molar-refractivity contribution in [3.8, 4) is 0 Å². The topological polar surface area (TPSA) is 49.0 Å². The van der Waals surface area contributed by atoms with Crippen LogP contribution in [0.3, 0.4) is 0 Å². The molecule has 4 heteroatoms. The number of aromatic amines is 1. The van der Waals surface area contributed by atoms with E-state index >= 15 is 0 Å². The Balaban J connectivity index is 2.23. The van der Waals surface area contributed by atoms with E-state index in [-0.39, 0.29) is 5.56 Å². The van der Waals surface area contributed by atoms with E-state index in [1.165, 1.54) is 12.8 Å². The molecule has 0 spiro atoms. The zero-order valence-electron chi connectivity index (χ0n) is 7.29. The van der Waals surface area contributed by atoms with Gasteiger partial charge in [0.05, 0.1) is 11.4 Å². The van der Waals surface area contributed by atoms with E-state index in [0.29, 0.717) is 5.92 Å². The van der Waals surface area contributed by atoms with Crippen LogP contribution in [-0.4, -0.2) is 23.3 Å². The van der Waals surface area contributed by atoms with Crippen LogP contribution >= 0.6 is 0 Å². The predicted molar refractivity (Wildman–Crippen MR) is 49.0 cm³/mol. The first-order valence-electron chi connectivity index (χ1n) is 4.69. The lowest BCUT2D eigenvalue weighted by molar-refractivity contribution is 0.458. The lowest BCUT2D eigenvalue weighted by Gasteiger charge is -2.40. The summed E-state index contributed by atoms with van der Waals surface area (Å²) in [5, 5.41) is 6.63. The van der Waals surface area contributed by atoms with Gasteiger partial charge in [0.1, 0.15) is 0 Å². The van der Waals surface area contributed by atoms with Gasteiger partial charge in [-0.15, -0.1) is 0 Å². The largest absolute Gasteiger partial charge is 0.370 e. The van der Waals surface area contributed by atoms with Crippen molar-refractivity contribution in [1.29, 1.82) is 0 Å². The van der Waals surface area contributed by atoms with Gasteiger partial charge in [0, 0.05) is 25.1 Å². The lowest BCUT2D eigenvalue weighted by Crippen LogP contribution is -2.40. The molecule has 2 bridgehead atoms. The third-order valence-electron chi connectivity index (χ3n) is 3.04. The van der Waals surface area contributed by atoms with Crippen LogP contribution in [0.1, 0.15) is 24.5 Å². The van der Waals surface area contributed by atoms with Gasteiger partial charge in [0.25, 0.3) is 5.56 Å². The van der Waals surface area contributed by atoms with Crippen LogP contribution in [-0.2, 0) is 0 Å². The first-order chi connectivity index (χ1) is 6.34. The summed E-state index contributed by atoms with van der Waals surface area (Å²) in [5.74, 6) is 0.580. The molecule has 1 N–H and O–H groups in total. The van der Waals surface area contributed by atoms with E-state index in [2.05, 4.69) is 15.1 Å². The van der Waals surface area contributed by atoms with Gasteiger partial charge in [-0.05, 0) is 12.8 Å². The number of H-pyrrole nitrogens is 1. The first kappa shape index (κ1) is 7.12. The fourth-order valence-corrected chi connectivity index (χ4v) is 2.35. The van der Waals surface area contributed by atoms with Crippen LogP contribution in [0.15, 0.2) is 10.9 Å². The van der Waals surface area contributed by atoms with Gasteiger partial charge < -0.3 is 4.90 Å². The Kier molecular flexibility index (Phi) is 1.28. The number of hydrogen-bond donors (Lipinski definition) is 1. The molecule has 0 saturated carbocycles. The number of anilines is 1. The maximum Gasteiger partial charge on any atom is 0.266 e. The quantitative estimate of drug-likeness (QED) is 0.626. The van der Waals surface area contributed by atoms with Gasteiger partial charge in [-0.1, -0.05) is 0 Å². The third kappa shape index (κ3) is 0.913. The Morgan fingerprint density at radius 3 is 3.00 bits per heavy atom. The number of nitrogens with zero attached hydrogens (tertiary/aromatic N) is 2. The number of nitrogens with one attached hydrogen (secondary N) is 1. The molecular formula is C9H11N3O. The van der Waals surface area contributed by atoms with Gasteiger partial charge in [-0.2, -0.15) is 5.10 Å². The molecule has 13 heavy (non-hydrogen) atoms. The van der Waals surface area contributed by atoms with E-state index in [0.717, 1.165) is 24.5 Å². The molecule has 1 aromatic heterocycles. The van der Waals surface area contributed by atoms with Crippen molar-refractivity contribution in [3.63, 3.8) is 0 Å². The van der Waals surface area contributed by atoms with Crippen LogP contribution in [0.2, 0.25) is 0 Å². The average molecular weight is 177 g/mol. The molecular weight excluding hydrogens is 166 g/mol. The maximum absolute atomic E-state index is 11.1. The van der Waals surface area contributed by atoms with E-state index < -0.39 is 0 Å². The second-order valence-electron chi connectivity index (χ2n) is 3.76. The third-order valence-corrected chi connectivity index (χ3v) is 3.04. The van der Waals surface area contributed by atoms with Gasteiger partial charge in [0.15, 0.2) is 0 Å². The molecule has 0 radical (unpaired) electrons. The summed E-state index contributed by atoms with van der Waals surface area (Å²) >= 11 is 0. The zero-order chi connectivity index (χ0) is 8.84. The van der Waals surface area contributed by atoms with Gasteiger partial charge >= 0.3 is 0 Å². The molecule has 68 valence electrons. The molecule has 1 saturated heterocycles. The van der Waals surface area contributed by atoms with Crippen molar-refractivity contribution in [2.45, 2.75) is 18.8 Å². The number of rotatable bonds is 0. The summed E-state index contributed by atoms with van der Waals surface area (Å²) in [5.41, 5.74) is 2.06. The fourth-order valence-electron chi connectivity index (χ4n) is 2.35. The number of aromatic nitrogens is 2. The van der Waals surface area contributed by atoms with Crippen molar-refractivity contribution in [3.05, 3.63) is 22.1 Å². The van der Waals surface area contributed by atoms with Crippen molar-refractivity contribution in [2.75, 3.05) is 18.0 Å². The molecule has 4 rings (SSSR count). The van der Waals surface area contributed by atoms with E-state index in [1.54, 1.807) is 6.07 Å². The van der Waals surface area contributed by atoms with Crippen LogP contribution in [0, 0.1) is 0 Å². The smallest absolute Gasteiger partial charge is 0.266 e.